The molecule has 0 saturated heterocycles. The summed E-state index contributed by atoms with van der Waals surface area (Å²) < 4.78 is 0. The van der Waals surface area contributed by atoms with Gasteiger partial charge in [0.2, 0.25) is 0 Å². The molecule has 0 heterocycles. The summed E-state index contributed by atoms with van der Waals surface area (Å²) in [5.74, 6) is 0. The van der Waals surface area contributed by atoms with E-state index in [2.05, 4.69) is 183 Å². The van der Waals surface area contributed by atoms with Crippen LogP contribution in [0.1, 0.15) is 17.2 Å². The molecule has 7 aromatic carbocycles. The number of benzene rings is 5. The van der Waals surface area contributed by atoms with E-state index in [1.165, 1.54) is 43.0 Å². The van der Waals surface area contributed by atoms with Gasteiger partial charge in [-0.05, 0) is 62.0 Å². The molecule has 0 saturated carbocycles. The van der Waals surface area contributed by atoms with Crippen LogP contribution in [0.4, 0.5) is 0 Å². The number of hydrogen-bond donors (Lipinski definition) is 0. The first-order chi connectivity index (χ1) is 22.7. The second-order valence-corrected chi connectivity index (χ2v) is 15.6. The van der Waals surface area contributed by atoms with Crippen LogP contribution in [0.2, 0.25) is 0 Å². The van der Waals surface area contributed by atoms with E-state index in [1.807, 2.05) is 30.3 Å². The molecule has 47 heavy (non-hydrogen) atoms. The van der Waals surface area contributed by atoms with Crippen molar-refractivity contribution >= 4 is 47.7 Å². The average molecular weight is 688 g/mol. The van der Waals surface area contributed by atoms with Crippen LogP contribution in [0, 0.1) is 0 Å². The molecule has 0 spiro atoms. The molecule has 1 unspecified atom stereocenters. The Morgan fingerprint density at radius 2 is 0.851 bits per heavy atom. The van der Waals surface area contributed by atoms with Gasteiger partial charge >= 0.3 is 0 Å². The fourth-order valence-corrected chi connectivity index (χ4v) is 11.0. The summed E-state index contributed by atoms with van der Waals surface area (Å²) >= 11 is 0. The van der Waals surface area contributed by atoms with Gasteiger partial charge < -0.3 is 35.2 Å². The molecular formula is C43H39FeNP2-6. The molecule has 1 nitrogen and oxygen atoms in total. The third kappa shape index (κ3) is 8.36. The molecule has 0 N–H and O–H groups in total. The topological polar surface area (TPSA) is 3.24 Å². The van der Waals surface area contributed by atoms with Crippen LogP contribution in [0.3, 0.4) is 0 Å². The Morgan fingerprint density at radius 3 is 1.28 bits per heavy atom. The molecule has 240 valence electrons. The first-order valence-electron chi connectivity index (χ1n) is 15.7. The Labute approximate surface area is 293 Å². The maximum Gasteiger partial charge on any atom is 0.0157 e. The van der Waals surface area contributed by atoms with E-state index < -0.39 is 15.8 Å². The van der Waals surface area contributed by atoms with Gasteiger partial charge in [-0.3, -0.25) is 0 Å². The van der Waals surface area contributed by atoms with Crippen molar-refractivity contribution in [2.45, 2.75) is 6.04 Å². The zero-order valence-electron chi connectivity index (χ0n) is 26.7. The molecule has 0 aromatic heterocycles. The maximum atomic E-state index is 2.39. The van der Waals surface area contributed by atoms with Gasteiger partial charge in [0, 0.05) is 23.1 Å². The minimum atomic E-state index is -0.734. The van der Waals surface area contributed by atoms with Gasteiger partial charge in [0.05, 0.1) is 0 Å². The van der Waals surface area contributed by atoms with E-state index in [0.29, 0.717) is 0 Å². The minimum absolute atomic E-state index is 0. The van der Waals surface area contributed by atoms with E-state index >= 15 is 0 Å². The van der Waals surface area contributed by atoms with E-state index in [1.54, 1.807) is 0 Å². The maximum absolute atomic E-state index is 2.39. The Morgan fingerprint density at radius 1 is 0.468 bits per heavy atom. The van der Waals surface area contributed by atoms with Crippen LogP contribution in [-0.4, -0.2) is 19.0 Å². The average Bonchev–Trinajstić information content (AvgIpc) is 3.85. The van der Waals surface area contributed by atoms with Crippen molar-refractivity contribution in [2.75, 3.05) is 14.1 Å². The van der Waals surface area contributed by atoms with Crippen LogP contribution >= 0.6 is 15.8 Å². The van der Waals surface area contributed by atoms with Gasteiger partial charge in [-0.15, -0.1) is 10.9 Å². The second-order valence-electron chi connectivity index (χ2n) is 11.3. The van der Waals surface area contributed by atoms with Crippen molar-refractivity contribution < 1.29 is 17.1 Å². The third-order valence-electron chi connectivity index (χ3n) is 7.96. The van der Waals surface area contributed by atoms with E-state index in [9.17, 15) is 0 Å². The monoisotopic (exact) mass is 687 g/mol. The third-order valence-corrected chi connectivity index (χ3v) is 13.0. The molecule has 0 aliphatic heterocycles. The van der Waals surface area contributed by atoms with Crippen LogP contribution in [0.5, 0.6) is 0 Å². The Balaban J connectivity index is 0.000000662. The molecule has 1 atom stereocenters. The summed E-state index contributed by atoms with van der Waals surface area (Å²) in [6.45, 7) is 0. The summed E-state index contributed by atoms with van der Waals surface area (Å²) in [6, 6.07) is 70.3. The second kappa shape index (κ2) is 17.3. The van der Waals surface area contributed by atoms with Crippen molar-refractivity contribution in [1.29, 1.82) is 0 Å². The summed E-state index contributed by atoms with van der Waals surface area (Å²) in [4.78, 5) is 2.39. The summed E-state index contributed by atoms with van der Waals surface area (Å²) in [7, 11) is 3.00. The van der Waals surface area contributed by atoms with Gasteiger partial charge in [-0.1, -0.05) is 146 Å². The van der Waals surface area contributed by atoms with Crippen molar-refractivity contribution in [3.63, 3.8) is 0 Å². The smallest absolute Gasteiger partial charge is 0.0157 e. The van der Waals surface area contributed by atoms with Gasteiger partial charge in [0.25, 0.3) is 0 Å². The number of hydrogen-bond acceptors (Lipinski definition) is 1. The largest absolute Gasteiger partial charge is 0.748 e. The molecule has 0 aliphatic carbocycles. The van der Waals surface area contributed by atoms with Gasteiger partial charge in [0.1, 0.15) is 0 Å². The normalized spacial score (nSPS) is 11.5. The molecule has 0 aliphatic rings. The molecule has 4 heteroatoms. The summed E-state index contributed by atoms with van der Waals surface area (Å²) in [5, 5.41) is 8.34. The number of nitrogens with zero attached hydrogens (tertiary/aromatic N) is 1. The van der Waals surface area contributed by atoms with Crippen LogP contribution in [0.15, 0.2) is 194 Å². The van der Waals surface area contributed by atoms with Crippen molar-refractivity contribution in [3.05, 3.63) is 205 Å². The standard InChI is InChI=1S/C38H34NP2.C5H5.Fe/c1-39(2)38(35-27-17-29-37(35)41(32-22-11-5-12-23-32)33-24-13-6-14-25-33)34-26-15-16-28-36(34)40(30-18-7-3-8-19-30)31-20-9-4-10-21-31;1-2-4-5-3-1;/h3-29,38H,1-2H3;1-5H;/q-1;-5;. The molecule has 7 aromatic rings. The first-order valence-corrected chi connectivity index (χ1v) is 18.4. The van der Waals surface area contributed by atoms with E-state index in [-0.39, 0.29) is 23.1 Å². The summed E-state index contributed by atoms with van der Waals surface area (Å²) in [6.07, 6.45) is 0. The van der Waals surface area contributed by atoms with Crippen LogP contribution < -0.4 is 31.8 Å². The quantitative estimate of drug-likeness (QED) is 0.0846. The fourth-order valence-electron chi connectivity index (χ4n) is 5.99. The molecule has 0 bridgehead atoms. The number of rotatable bonds is 9. The molecule has 0 radical (unpaired) electrons. The molecule has 0 fully saturated rings. The van der Waals surface area contributed by atoms with E-state index in [4.69, 9.17) is 0 Å². The fraction of sp³-hybridized carbons (Fsp3) is 0.0698. The molecular weight excluding hydrogens is 648 g/mol. The van der Waals surface area contributed by atoms with Crippen LogP contribution in [-0.2, 0) is 17.1 Å². The van der Waals surface area contributed by atoms with Crippen molar-refractivity contribution in [1.82, 2.24) is 4.90 Å². The van der Waals surface area contributed by atoms with Gasteiger partial charge in [-0.25, -0.2) is 12.1 Å². The van der Waals surface area contributed by atoms with Crippen LogP contribution in [0.25, 0.3) is 0 Å². The van der Waals surface area contributed by atoms with Gasteiger partial charge in [-0.2, -0.15) is 6.07 Å². The Bertz CT molecular complexity index is 1770. The Kier molecular flexibility index (Phi) is 12.7. The van der Waals surface area contributed by atoms with Crippen molar-refractivity contribution in [3.8, 4) is 0 Å². The minimum Gasteiger partial charge on any atom is -0.748 e. The van der Waals surface area contributed by atoms with Gasteiger partial charge in [0.15, 0.2) is 0 Å². The van der Waals surface area contributed by atoms with E-state index in [0.717, 1.165) is 0 Å². The zero-order chi connectivity index (χ0) is 31.6. The first kappa shape index (κ1) is 34.5. The zero-order valence-corrected chi connectivity index (χ0v) is 29.6. The summed E-state index contributed by atoms with van der Waals surface area (Å²) in [5.41, 5.74) is 2.76. The molecule has 7 rings (SSSR count). The predicted octanol–water partition coefficient (Wildman–Crippen LogP) is 7.98. The Hall–Kier alpha value is -3.86. The predicted molar refractivity (Wildman–Crippen MR) is 203 cm³/mol. The molecule has 0 amide bonds. The van der Waals surface area contributed by atoms with Crippen molar-refractivity contribution in [2.24, 2.45) is 0 Å². The SMILES string of the molecule is CN(C)C(c1ccccc1P(c1ccccc1)c1ccccc1)[c-]1cccc1P(c1ccccc1)c1ccccc1.[Fe].[cH-]1[cH-][cH-][cH-][cH-]1.